The third kappa shape index (κ3) is 1.64. The second-order valence-corrected chi connectivity index (χ2v) is 2.07. The summed E-state index contributed by atoms with van der Waals surface area (Å²) in [6, 6.07) is 0. The topological polar surface area (TPSA) is 95.5 Å². The van der Waals surface area contributed by atoms with Crippen LogP contribution in [0.1, 0.15) is 10.5 Å². The minimum Gasteiger partial charge on any atom is -0.464 e. The largest absolute Gasteiger partial charge is 0.464 e. The van der Waals surface area contributed by atoms with Crippen molar-refractivity contribution in [3.8, 4) is 0 Å². The molecule has 0 bridgehead atoms. The number of amides is 1. The van der Waals surface area contributed by atoms with Gasteiger partial charge in [-0.25, -0.2) is 4.79 Å². The molecule has 0 unspecified atom stereocenters. The average Bonchev–Trinajstić information content (AvgIpc) is 2.63. The van der Waals surface area contributed by atoms with Crippen LogP contribution in [0.15, 0.2) is 6.20 Å². The smallest absolute Gasteiger partial charge is 0.358 e. The maximum Gasteiger partial charge on any atom is 0.358 e. The number of esters is 1. The first-order chi connectivity index (χ1) is 6.20. The summed E-state index contributed by atoms with van der Waals surface area (Å²) in [5.74, 6) is -0.714. The minimum absolute atomic E-state index is 0.0538. The van der Waals surface area contributed by atoms with Gasteiger partial charge in [-0.2, -0.15) is 10.2 Å². The van der Waals surface area contributed by atoms with E-state index in [-0.39, 0.29) is 22.9 Å². The van der Waals surface area contributed by atoms with Gasteiger partial charge in [-0.05, 0) is 0 Å². The number of H-pyrrole nitrogens is 1. The van der Waals surface area contributed by atoms with Crippen molar-refractivity contribution in [3.05, 3.63) is 11.9 Å². The summed E-state index contributed by atoms with van der Waals surface area (Å²) in [5, 5.41) is 14.9. The van der Waals surface area contributed by atoms with Crippen LogP contribution in [0.2, 0.25) is 0 Å². The van der Waals surface area contributed by atoms with Crippen molar-refractivity contribution in [2.45, 2.75) is 0 Å². The molecule has 1 rings (SSSR count). The van der Waals surface area contributed by atoms with Gasteiger partial charge >= 0.3 is 5.97 Å². The number of carbonyl (C=O) groups is 2. The number of ether oxygens (including phenoxy) is 1. The van der Waals surface area contributed by atoms with Crippen molar-refractivity contribution in [1.82, 2.24) is 10.2 Å². The van der Waals surface area contributed by atoms with Gasteiger partial charge in [0.05, 0.1) is 13.3 Å². The van der Waals surface area contributed by atoms with Gasteiger partial charge in [0, 0.05) is 0 Å². The van der Waals surface area contributed by atoms with Crippen LogP contribution in [-0.4, -0.2) is 34.9 Å². The van der Waals surface area contributed by atoms with Crippen molar-refractivity contribution in [1.29, 1.82) is 0 Å². The minimum atomic E-state index is -0.714. The Morgan fingerprint density at radius 2 is 2.54 bits per heavy atom. The molecule has 1 aromatic rings. The zero-order chi connectivity index (χ0) is 9.84. The van der Waals surface area contributed by atoms with Gasteiger partial charge in [0.1, 0.15) is 5.69 Å². The van der Waals surface area contributed by atoms with Gasteiger partial charge < -0.3 is 4.74 Å². The number of hydroxylamine groups is 1. The number of aromatic nitrogens is 2. The summed E-state index contributed by atoms with van der Waals surface area (Å²) < 4.78 is 4.37. The first-order valence-electron chi connectivity index (χ1n) is 3.25. The number of methoxy groups -OCH3 is 1. The molecule has 70 valence electrons. The monoisotopic (exact) mass is 185 g/mol. The molecule has 0 aliphatic heterocycles. The van der Waals surface area contributed by atoms with E-state index in [0.717, 1.165) is 6.20 Å². The molecule has 0 saturated carbocycles. The highest BCUT2D eigenvalue weighted by atomic mass is 16.5. The van der Waals surface area contributed by atoms with E-state index >= 15 is 0 Å². The molecule has 0 fully saturated rings. The van der Waals surface area contributed by atoms with Gasteiger partial charge in [0.25, 0.3) is 0 Å². The molecular formula is C6H7N3O4. The lowest BCUT2D eigenvalue weighted by molar-refractivity contribution is -0.111. The molecule has 7 nitrogen and oxygen atoms in total. The Kier molecular flexibility index (Phi) is 2.60. The summed E-state index contributed by atoms with van der Waals surface area (Å²) in [4.78, 5) is 21.1. The molecule has 0 aromatic carbocycles. The quantitative estimate of drug-likeness (QED) is 0.288. The lowest BCUT2D eigenvalue weighted by Crippen LogP contribution is -2.17. The lowest BCUT2D eigenvalue weighted by Gasteiger charge is -2.06. The highest BCUT2D eigenvalue weighted by Gasteiger charge is 2.17. The summed E-state index contributed by atoms with van der Waals surface area (Å²) in [6.45, 7) is 0. The summed E-state index contributed by atoms with van der Waals surface area (Å²) in [7, 11) is 1.18. The Bertz CT molecular complexity index is 321. The van der Waals surface area contributed by atoms with Crippen LogP contribution in [0.25, 0.3) is 0 Å². The predicted molar refractivity (Wildman–Crippen MR) is 40.3 cm³/mol. The number of carbonyl (C=O) groups excluding carboxylic acids is 2. The lowest BCUT2D eigenvalue weighted by atomic mass is 10.4. The van der Waals surface area contributed by atoms with E-state index in [2.05, 4.69) is 14.9 Å². The first-order valence-corrected chi connectivity index (χ1v) is 3.25. The second-order valence-electron chi connectivity index (χ2n) is 2.07. The zero-order valence-electron chi connectivity index (χ0n) is 6.72. The molecule has 2 N–H and O–H groups in total. The van der Waals surface area contributed by atoms with Gasteiger partial charge in [-0.3, -0.25) is 15.1 Å². The van der Waals surface area contributed by atoms with Crippen LogP contribution in [0.3, 0.4) is 0 Å². The fraction of sp³-hybridized carbons (Fsp3) is 0.167. The normalized spacial score (nSPS) is 9.38. The highest BCUT2D eigenvalue weighted by Crippen LogP contribution is 2.15. The van der Waals surface area contributed by atoms with Crippen LogP contribution >= 0.6 is 0 Å². The molecular weight excluding hydrogens is 178 g/mol. The van der Waals surface area contributed by atoms with Crippen molar-refractivity contribution >= 4 is 18.1 Å². The van der Waals surface area contributed by atoms with E-state index in [1.165, 1.54) is 7.11 Å². The maximum atomic E-state index is 11.0. The second kappa shape index (κ2) is 3.68. The molecule has 1 aromatic heterocycles. The standard InChI is InChI=1S/C6H7N3O4/c1-13-6(11)5-4(2-7-8-5)9(12)3-10/h2-3,12H,1H3,(H,7,8). The number of hydrogen-bond donors (Lipinski definition) is 2. The Morgan fingerprint density at radius 1 is 1.85 bits per heavy atom. The first kappa shape index (κ1) is 9.20. The van der Waals surface area contributed by atoms with E-state index in [9.17, 15) is 9.59 Å². The SMILES string of the molecule is COC(=O)c1[nH]ncc1N(O)C=O. The van der Waals surface area contributed by atoms with E-state index < -0.39 is 5.97 Å². The van der Waals surface area contributed by atoms with Gasteiger partial charge in [0.15, 0.2) is 5.69 Å². The predicted octanol–water partition coefficient (Wildman–Crippen LogP) is -0.452. The maximum absolute atomic E-state index is 11.0. The Morgan fingerprint density at radius 3 is 3.08 bits per heavy atom. The van der Waals surface area contributed by atoms with Crippen molar-refractivity contribution in [2.24, 2.45) is 0 Å². The number of rotatable bonds is 3. The third-order valence-corrected chi connectivity index (χ3v) is 1.36. The van der Waals surface area contributed by atoms with Crippen molar-refractivity contribution in [2.75, 3.05) is 12.2 Å². The average molecular weight is 185 g/mol. The fourth-order valence-electron chi connectivity index (χ4n) is 0.763. The molecule has 0 radical (unpaired) electrons. The third-order valence-electron chi connectivity index (χ3n) is 1.36. The molecule has 7 heteroatoms. The molecule has 0 atom stereocenters. The fourth-order valence-corrected chi connectivity index (χ4v) is 0.763. The van der Waals surface area contributed by atoms with Crippen LogP contribution in [-0.2, 0) is 9.53 Å². The van der Waals surface area contributed by atoms with Crippen LogP contribution in [0.5, 0.6) is 0 Å². The van der Waals surface area contributed by atoms with Gasteiger partial charge in [-0.1, -0.05) is 0 Å². The summed E-state index contributed by atoms with van der Waals surface area (Å²) in [6.07, 6.45) is 1.26. The molecule has 0 spiro atoms. The number of nitrogens with one attached hydrogen (secondary N) is 1. The van der Waals surface area contributed by atoms with Crippen LogP contribution in [0.4, 0.5) is 5.69 Å². The summed E-state index contributed by atoms with van der Waals surface area (Å²) >= 11 is 0. The van der Waals surface area contributed by atoms with Crippen LogP contribution in [0, 0.1) is 0 Å². The Balaban J connectivity index is 3.02. The van der Waals surface area contributed by atoms with Crippen molar-refractivity contribution in [3.63, 3.8) is 0 Å². The Hall–Kier alpha value is -1.89. The van der Waals surface area contributed by atoms with E-state index in [1.807, 2.05) is 0 Å². The van der Waals surface area contributed by atoms with E-state index in [4.69, 9.17) is 5.21 Å². The molecule has 0 saturated heterocycles. The number of aromatic amines is 1. The highest BCUT2D eigenvalue weighted by molar-refractivity contribution is 5.95. The van der Waals surface area contributed by atoms with Gasteiger partial charge in [-0.15, -0.1) is 0 Å². The van der Waals surface area contributed by atoms with E-state index in [0.29, 0.717) is 0 Å². The van der Waals surface area contributed by atoms with E-state index in [1.54, 1.807) is 0 Å². The van der Waals surface area contributed by atoms with Gasteiger partial charge in [0.2, 0.25) is 6.41 Å². The molecule has 1 heterocycles. The number of anilines is 1. The molecule has 0 aliphatic rings. The van der Waals surface area contributed by atoms with Crippen LogP contribution < -0.4 is 5.06 Å². The molecule has 1 amide bonds. The molecule has 13 heavy (non-hydrogen) atoms. The molecule has 0 aliphatic carbocycles. The summed E-state index contributed by atoms with van der Waals surface area (Å²) in [5.41, 5.74) is -0.140. The zero-order valence-corrected chi connectivity index (χ0v) is 6.72. The van der Waals surface area contributed by atoms with Crippen molar-refractivity contribution < 1.29 is 19.5 Å². The number of hydrogen-bond acceptors (Lipinski definition) is 5. The Labute approximate surface area is 72.9 Å². The number of nitrogens with zero attached hydrogens (tertiary/aromatic N) is 2.